The lowest BCUT2D eigenvalue weighted by Gasteiger charge is -2.11. The average Bonchev–Trinajstić information content (AvgIpc) is 2.86. The van der Waals surface area contributed by atoms with Gasteiger partial charge in [0, 0.05) is 22.8 Å². The van der Waals surface area contributed by atoms with Crippen LogP contribution in [0, 0.1) is 6.92 Å². The molecule has 0 spiro atoms. The number of amides is 3. The quantitative estimate of drug-likeness (QED) is 0.241. The minimum Gasteiger partial charge on any atom is -0.483 e. The molecule has 3 N–H and O–H groups in total. The van der Waals surface area contributed by atoms with Gasteiger partial charge >= 0.3 is 11.8 Å². The van der Waals surface area contributed by atoms with Crippen molar-refractivity contribution < 1.29 is 19.1 Å². The van der Waals surface area contributed by atoms with Crippen LogP contribution in [0.3, 0.4) is 0 Å². The maximum absolute atomic E-state index is 12.3. The molecule has 0 saturated heterocycles. The number of hydrazone groups is 1. The molecule has 3 aromatic carbocycles. The van der Waals surface area contributed by atoms with Crippen LogP contribution in [0.15, 0.2) is 77.9 Å². The van der Waals surface area contributed by atoms with Crippen molar-refractivity contribution in [1.82, 2.24) is 10.7 Å². The Hall–Kier alpha value is -4.17. The van der Waals surface area contributed by atoms with Gasteiger partial charge in [0.05, 0.1) is 6.21 Å². The summed E-state index contributed by atoms with van der Waals surface area (Å²) in [7, 11) is 0. The van der Waals surface area contributed by atoms with Crippen LogP contribution in [-0.4, -0.2) is 37.1 Å². The van der Waals surface area contributed by atoms with Crippen LogP contribution >= 0.6 is 11.6 Å². The van der Waals surface area contributed by atoms with E-state index in [0.29, 0.717) is 35.0 Å². The number of anilines is 1. The number of rotatable bonds is 9. The fourth-order valence-electron chi connectivity index (χ4n) is 3.03. The Kier molecular flexibility index (Phi) is 9.39. The van der Waals surface area contributed by atoms with Crippen LogP contribution in [0.5, 0.6) is 5.75 Å². The second-order valence-electron chi connectivity index (χ2n) is 7.52. The summed E-state index contributed by atoms with van der Waals surface area (Å²) in [6.45, 7) is 1.94. The summed E-state index contributed by atoms with van der Waals surface area (Å²) in [5.74, 6) is -1.64. The van der Waals surface area contributed by atoms with Crippen LogP contribution in [-0.2, 0) is 20.8 Å². The number of hydrogen-bond donors (Lipinski definition) is 3. The Balaban J connectivity index is 1.47. The van der Waals surface area contributed by atoms with E-state index in [0.717, 1.165) is 11.1 Å². The third-order valence-corrected chi connectivity index (χ3v) is 5.10. The van der Waals surface area contributed by atoms with Crippen molar-refractivity contribution in [3.05, 3.63) is 94.5 Å². The molecule has 0 aromatic heterocycles. The first kappa shape index (κ1) is 25.5. The lowest BCUT2D eigenvalue weighted by molar-refractivity contribution is -0.139. The van der Waals surface area contributed by atoms with Crippen LogP contribution in [0.4, 0.5) is 5.69 Å². The number of hydrogen-bond acceptors (Lipinski definition) is 5. The summed E-state index contributed by atoms with van der Waals surface area (Å²) >= 11 is 5.98. The molecule has 0 unspecified atom stereocenters. The maximum atomic E-state index is 12.3. The van der Waals surface area contributed by atoms with Crippen molar-refractivity contribution in [2.24, 2.45) is 5.10 Å². The third-order valence-electron chi connectivity index (χ3n) is 4.87. The van der Waals surface area contributed by atoms with Crippen molar-refractivity contribution in [1.29, 1.82) is 0 Å². The van der Waals surface area contributed by atoms with E-state index in [1.54, 1.807) is 36.4 Å². The summed E-state index contributed by atoms with van der Waals surface area (Å²) in [6.07, 6.45) is 1.95. The largest absolute Gasteiger partial charge is 0.483 e. The van der Waals surface area contributed by atoms with Crippen LogP contribution in [0.25, 0.3) is 0 Å². The minimum atomic E-state index is -0.885. The second kappa shape index (κ2) is 12.9. The molecule has 0 fully saturated rings. The van der Waals surface area contributed by atoms with Gasteiger partial charge in [0.15, 0.2) is 6.61 Å². The molecule has 3 aromatic rings. The Bertz CT molecular complexity index is 1210. The number of benzene rings is 3. The van der Waals surface area contributed by atoms with Crippen molar-refractivity contribution in [2.45, 2.75) is 13.3 Å². The molecule has 0 atom stereocenters. The fraction of sp³-hybridized carbons (Fsp3) is 0.154. The second-order valence-corrected chi connectivity index (χ2v) is 7.96. The monoisotopic (exact) mass is 492 g/mol. The van der Waals surface area contributed by atoms with Crippen molar-refractivity contribution >= 4 is 41.2 Å². The zero-order chi connectivity index (χ0) is 25.0. The molecule has 8 nitrogen and oxygen atoms in total. The molecule has 0 aliphatic heterocycles. The van der Waals surface area contributed by atoms with Gasteiger partial charge in [-0.05, 0) is 48.7 Å². The zero-order valence-corrected chi connectivity index (χ0v) is 19.8. The molecular weight excluding hydrogens is 468 g/mol. The van der Waals surface area contributed by atoms with E-state index in [1.165, 1.54) is 6.21 Å². The Morgan fingerprint density at radius 2 is 1.71 bits per heavy atom. The van der Waals surface area contributed by atoms with Gasteiger partial charge in [0.1, 0.15) is 5.75 Å². The highest BCUT2D eigenvalue weighted by molar-refractivity contribution is 6.35. The molecular formula is C26H25ClN4O4. The van der Waals surface area contributed by atoms with Crippen molar-refractivity contribution in [3.63, 3.8) is 0 Å². The standard InChI is InChI=1S/C26H25ClN4O4/c1-18-11-12-21(27)15-22(18)30-24(32)17-35-23-10-6-5-9-20(23)16-29-31-26(34)25(33)28-14-13-19-7-3-2-4-8-19/h2-12,15-16H,13-14,17H2,1H3,(H,28,33)(H,30,32)(H,31,34)/b29-16-. The number of carbonyl (C=O) groups is 3. The maximum Gasteiger partial charge on any atom is 0.329 e. The van der Waals surface area contributed by atoms with Gasteiger partial charge in [-0.15, -0.1) is 0 Å². The Morgan fingerprint density at radius 1 is 0.971 bits per heavy atom. The number of ether oxygens (including phenoxy) is 1. The van der Waals surface area contributed by atoms with E-state index in [1.807, 2.05) is 43.3 Å². The van der Waals surface area contributed by atoms with E-state index in [9.17, 15) is 14.4 Å². The summed E-state index contributed by atoms with van der Waals surface area (Å²) in [5, 5.41) is 9.64. The molecule has 0 saturated carbocycles. The number of aryl methyl sites for hydroxylation is 1. The van der Waals surface area contributed by atoms with Gasteiger partial charge < -0.3 is 15.4 Å². The topological polar surface area (TPSA) is 109 Å². The van der Waals surface area contributed by atoms with Gasteiger partial charge in [0.25, 0.3) is 5.91 Å². The lowest BCUT2D eigenvalue weighted by atomic mass is 10.1. The third kappa shape index (κ3) is 8.28. The first-order valence-electron chi connectivity index (χ1n) is 10.9. The summed E-state index contributed by atoms with van der Waals surface area (Å²) < 4.78 is 5.61. The minimum absolute atomic E-state index is 0.243. The van der Waals surface area contributed by atoms with E-state index >= 15 is 0 Å². The van der Waals surface area contributed by atoms with Crippen LogP contribution < -0.4 is 20.8 Å². The molecule has 9 heteroatoms. The molecule has 180 valence electrons. The smallest absolute Gasteiger partial charge is 0.329 e. The van der Waals surface area contributed by atoms with Gasteiger partial charge in [-0.25, -0.2) is 5.43 Å². The number of para-hydroxylation sites is 1. The van der Waals surface area contributed by atoms with Crippen LogP contribution in [0.1, 0.15) is 16.7 Å². The highest BCUT2D eigenvalue weighted by Crippen LogP contribution is 2.20. The summed E-state index contributed by atoms with van der Waals surface area (Å²) in [6, 6.07) is 21.7. The SMILES string of the molecule is Cc1ccc(Cl)cc1NC(=O)COc1ccccc1/C=N\NC(=O)C(=O)NCCc1ccccc1. The zero-order valence-electron chi connectivity index (χ0n) is 19.1. The molecule has 0 bridgehead atoms. The van der Waals surface area contributed by atoms with E-state index in [-0.39, 0.29) is 12.5 Å². The van der Waals surface area contributed by atoms with Crippen molar-refractivity contribution in [3.8, 4) is 5.75 Å². The molecule has 0 radical (unpaired) electrons. The van der Waals surface area contributed by atoms with Crippen molar-refractivity contribution in [2.75, 3.05) is 18.5 Å². The first-order valence-corrected chi connectivity index (χ1v) is 11.2. The molecule has 3 amide bonds. The highest BCUT2D eigenvalue weighted by atomic mass is 35.5. The van der Waals surface area contributed by atoms with E-state index in [4.69, 9.17) is 16.3 Å². The van der Waals surface area contributed by atoms with Gasteiger partial charge in [-0.2, -0.15) is 5.10 Å². The molecule has 0 aliphatic rings. The molecule has 0 aliphatic carbocycles. The number of halogens is 1. The number of nitrogens with one attached hydrogen (secondary N) is 3. The van der Waals surface area contributed by atoms with Crippen LogP contribution in [0.2, 0.25) is 5.02 Å². The number of nitrogens with zero attached hydrogens (tertiary/aromatic N) is 1. The predicted molar refractivity (Wildman–Crippen MR) is 136 cm³/mol. The van der Waals surface area contributed by atoms with Gasteiger partial charge in [0.2, 0.25) is 0 Å². The highest BCUT2D eigenvalue weighted by Gasteiger charge is 2.12. The first-order chi connectivity index (χ1) is 16.9. The Morgan fingerprint density at radius 3 is 2.51 bits per heavy atom. The van der Waals surface area contributed by atoms with Gasteiger partial charge in [-0.1, -0.05) is 60.1 Å². The van der Waals surface area contributed by atoms with E-state index in [2.05, 4.69) is 21.2 Å². The Labute approximate surface area is 208 Å². The van der Waals surface area contributed by atoms with Gasteiger partial charge in [-0.3, -0.25) is 14.4 Å². The normalized spacial score (nSPS) is 10.6. The average molecular weight is 493 g/mol. The molecule has 3 rings (SSSR count). The summed E-state index contributed by atoms with van der Waals surface area (Å²) in [4.78, 5) is 36.2. The van der Waals surface area contributed by atoms with E-state index < -0.39 is 11.8 Å². The summed E-state index contributed by atoms with van der Waals surface area (Å²) in [5.41, 5.74) is 5.23. The lowest BCUT2D eigenvalue weighted by Crippen LogP contribution is -2.38. The fourth-order valence-corrected chi connectivity index (χ4v) is 3.21. The predicted octanol–water partition coefficient (Wildman–Crippen LogP) is 3.47. The number of carbonyl (C=O) groups excluding carboxylic acids is 3. The molecule has 35 heavy (non-hydrogen) atoms. The molecule has 0 heterocycles.